The van der Waals surface area contributed by atoms with E-state index < -0.39 is 47.5 Å². The lowest BCUT2D eigenvalue weighted by Crippen LogP contribution is -2.39. The summed E-state index contributed by atoms with van der Waals surface area (Å²) in [4.78, 5) is 38.1. The number of alkyl halides is 3. The van der Waals surface area contributed by atoms with E-state index in [1.165, 1.54) is 16.7 Å². The van der Waals surface area contributed by atoms with Crippen LogP contribution >= 0.6 is 11.6 Å². The Morgan fingerprint density at radius 1 is 1.17 bits per heavy atom. The van der Waals surface area contributed by atoms with Crippen LogP contribution in [0.1, 0.15) is 36.1 Å². The molecule has 8 nitrogen and oxygen atoms in total. The van der Waals surface area contributed by atoms with Gasteiger partial charge in [-0.15, -0.1) is 5.10 Å². The number of nitrogens with zero attached hydrogens (tertiary/aromatic N) is 3. The Kier molecular flexibility index (Phi) is 6.70. The molecule has 1 atom stereocenters. The molecule has 1 amide bonds. The van der Waals surface area contributed by atoms with Crippen LogP contribution in [-0.4, -0.2) is 33.3 Å². The van der Waals surface area contributed by atoms with Crippen LogP contribution in [0.4, 0.5) is 13.2 Å². The summed E-state index contributed by atoms with van der Waals surface area (Å²) in [5.74, 6) is -1.63. The maximum absolute atomic E-state index is 13.5. The van der Waals surface area contributed by atoms with Gasteiger partial charge in [-0.1, -0.05) is 29.8 Å². The van der Waals surface area contributed by atoms with Crippen LogP contribution in [0.2, 0.25) is 5.02 Å². The molecule has 0 spiro atoms. The summed E-state index contributed by atoms with van der Waals surface area (Å²) in [5.41, 5.74) is -1.49. The summed E-state index contributed by atoms with van der Waals surface area (Å²) in [5, 5.41) is 7.03. The van der Waals surface area contributed by atoms with E-state index in [1.807, 2.05) is 0 Å². The highest BCUT2D eigenvalue weighted by molar-refractivity contribution is 6.30. The number of carbonyl (C=O) groups excluding carboxylic acids is 2. The van der Waals surface area contributed by atoms with Crippen molar-refractivity contribution < 1.29 is 27.5 Å². The van der Waals surface area contributed by atoms with E-state index in [0.29, 0.717) is 16.4 Å². The molecule has 2 aromatic carbocycles. The Morgan fingerprint density at radius 2 is 1.83 bits per heavy atom. The van der Waals surface area contributed by atoms with Crippen molar-refractivity contribution in [2.24, 2.45) is 0 Å². The van der Waals surface area contributed by atoms with Gasteiger partial charge in [0.2, 0.25) is 5.91 Å². The van der Waals surface area contributed by atoms with Crippen molar-refractivity contribution in [3.05, 3.63) is 75.2 Å². The number of amides is 1. The predicted molar refractivity (Wildman–Crippen MR) is 120 cm³/mol. The zero-order valence-corrected chi connectivity index (χ0v) is 19.1. The third kappa shape index (κ3) is 5.24. The largest absolute Gasteiger partial charge is 0.467 e. The van der Waals surface area contributed by atoms with Gasteiger partial charge in [0, 0.05) is 16.6 Å². The molecule has 3 aromatic rings. The quantitative estimate of drug-likeness (QED) is 0.490. The Balaban J connectivity index is 1.63. The molecule has 0 bridgehead atoms. The van der Waals surface area contributed by atoms with Crippen molar-refractivity contribution in [3.8, 4) is 11.4 Å². The number of methoxy groups -OCH3 is 1. The average molecular weight is 509 g/mol. The molecule has 4 rings (SSSR count). The van der Waals surface area contributed by atoms with Crippen LogP contribution in [0, 0.1) is 0 Å². The summed E-state index contributed by atoms with van der Waals surface area (Å²) >= 11 is 5.94. The molecule has 184 valence electrons. The zero-order chi connectivity index (χ0) is 25.3. The number of nitrogens with one attached hydrogen (secondary N) is 1. The third-order valence-corrected chi connectivity index (χ3v) is 5.75. The third-order valence-electron chi connectivity index (χ3n) is 5.50. The molecule has 12 heteroatoms. The second-order valence-corrected chi connectivity index (χ2v) is 8.42. The lowest BCUT2D eigenvalue weighted by atomic mass is 9.99. The minimum Gasteiger partial charge on any atom is -0.467 e. The fourth-order valence-corrected chi connectivity index (χ4v) is 3.84. The molecule has 1 aromatic heterocycles. The van der Waals surface area contributed by atoms with E-state index >= 15 is 0 Å². The van der Waals surface area contributed by atoms with E-state index in [-0.39, 0.29) is 6.04 Å². The van der Waals surface area contributed by atoms with E-state index in [0.717, 1.165) is 36.8 Å². The van der Waals surface area contributed by atoms with Crippen molar-refractivity contribution >= 4 is 23.5 Å². The van der Waals surface area contributed by atoms with Gasteiger partial charge >= 0.3 is 17.8 Å². The average Bonchev–Trinajstić information content (AvgIpc) is 3.61. The first-order chi connectivity index (χ1) is 16.6. The fraction of sp³-hybridized carbons (Fsp3) is 0.304. The van der Waals surface area contributed by atoms with E-state index in [2.05, 4.69) is 15.2 Å². The van der Waals surface area contributed by atoms with Crippen molar-refractivity contribution in [2.45, 2.75) is 37.6 Å². The molecule has 1 heterocycles. The van der Waals surface area contributed by atoms with Gasteiger partial charge in [0.25, 0.3) is 0 Å². The summed E-state index contributed by atoms with van der Waals surface area (Å²) < 4.78 is 47.5. The molecule has 1 N–H and O–H groups in total. The first-order valence-electron chi connectivity index (χ1n) is 10.6. The number of ether oxygens (including phenoxy) is 1. The van der Waals surface area contributed by atoms with Crippen LogP contribution in [-0.2, 0) is 27.0 Å². The highest BCUT2D eigenvalue weighted by atomic mass is 35.5. The molecule has 0 radical (unpaired) electrons. The Hall–Kier alpha value is -3.60. The first kappa shape index (κ1) is 24.5. The number of benzene rings is 2. The zero-order valence-electron chi connectivity index (χ0n) is 18.4. The normalized spacial score (nSPS) is 14.4. The van der Waals surface area contributed by atoms with Crippen molar-refractivity contribution in [3.63, 3.8) is 0 Å². The monoisotopic (exact) mass is 508 g/mol. The van der Waals surface area contributed by atoms with Gasteiger partial charge in [0.1, 0.15) is 6.54 Å². The predicted octanol–water partition coefficient (Wildman–Crippen LogP) is 3.75. The van der Waals surface area contributed by atoms with Crippen molar-refractivity contribution in [2.75, 3.05) is 7.11 Å². The number of esters is 1. The maximum atomic E-state index is 13.5. The van der Waals surface area contributed by atoms with Crippen molar-refractivity contribution in [1.82, 2.24) is 19.7 Å². The second-order valence-electron chi connectivity index (χ2n) is 7.98. The van der Waals surface area contributed by atoms with Crippen LogP contribution in [0.25, 0.3) is 11.4 Å². The van der Waals surface area contributed by atoms with Crippen LogP contribution in [0.15, 0.2) is 53.3 Å². The van der Waals surface area contributed by atoms with Gasteiger partial charge in [-0.3, -0.25) is 9.36 Å². The number of hydrogen-bond acceptors (Lipinski definition) is 5. The van der Waals surface area contributed by atoms with Crippen LogP contribution in [0.5, 0.6) is 0 Å². The Morgan fingerprint density at radius 3 is 2.43 bits per heavy atom. The minimum atomic E-state index is -4.76. The molecule has 1 aliphatic carbocycles. The number of aromatic nitrogens is 3. The number of carbonyl (C=O) groups is 2. The van der Waals surface area contributed by atoms with Gasteiger partial charge in [0.05, 0.1) is 12.7 Å². The molecule has 1 saturated carbocycles. The molecule has 0 aliphatic heterocycles. The van der Waals surface area contributed by atoms with Gasteiger partial charge < -0.3 is 10.1 Å². The van der Waals surface area contributed by atoms with Crippen molar-refractivity contribution in [1.29, 1.82) is 0 Å². The smallest absolute Gasteiger partial charge is 0.416 e. The van der Waals surface area contributed by atoms with E-state index in [9.17, 15) is 27.6 Å². The summed E-state index contributed by atoms with van der Waals surface area (Å²) in [7, 11) is 0.998. The maximum Gasteiger partial charge on any atom is 0.416 e. The van der Waals surface area contributed by atoms with Gasteiger partial charge in [-0.05, 0) is 48.7 Å². The minimum absolute atomic E-state index is 0.0635. The highest BCUT2D eigenvalue weighted by Crippen LogP contribution is 2.37. The number of rotatable bonds is 7. The molecule has 0 saturated heterocycles. The summed E-state index contributed by atoms with van der Waals surface area (Å²) in [6.07, 6.45) is -3.21. The fourth-order valence-electron chi connectivity index (χ4n) is 3.71. The number of halogens is 4. The summed E-state index contributed by atoms with van der Waals surface area (Å²) in [6.45, 7) is -0.610. The van der Waals surface area contributed by atoms with E-state index in [1.54, 1.807) is 24.3 Å². The molecule has 1 aliphatic rings. The van der Waals surface area contributed by atoms with Crippen LogP contribution in [0.3, 0.4) is 0 Å². The standard InChI is InChI=1S/C23H20ClF3N4O4/c1-35-21(33)19(16-4-2-3-5-17(16)23(25,26)27)28-18(32)12-30-22(34)31(15-10-11-15)20(29-30)13-6-8-14(24)9-7-13/h2-9,15,19H,10-12H2,1H3,(H,28,32). The van der Waals surface area contributed by atoms with Gasteiger partial charge in [-0.25, -0.2) is 14.3 Å². The summed E-state index contributed by atoms with van der Waals surface area (Å²) in [6, 6.07) is 9.23. The Labute approximate surface area is 202 Å². The topological polar surface area (TPSA) is 95.2 Å². The first-order valence-corrected chi connectivity index (χ1v) is 11.0. The SMILES string of the molecule is COC(=O)C(NC(=O)Cn1nc(-c2ccc(Cl)cc2)n(C2CC2)c1=O)c1ccccc1C(F)(F)F. The highest BCUT2D eigenvalue weighted by Gasteiger charge is 2.38. The number of hydrogen-bond donors (Lipinski definition) is 1. The molecule has 1 fully saturated rings. The molecular formula is C23H20ClF3N4O4. The van der Waals surface area contributed by atoms with Gasteiger partial charge in [0.15, 0.2) is 11.9 Å². The Bertz CT molecular complexity index is 1310. The molecule has 1 unspecified atom stereocenters. The molecule has 35 heavy (non-hydrogen) atoms. The van der Waals surface area contributed by atoms with Crippen LogP contribution < -0.4 is 11.0 Å². The van der Waals surface area contributed by atoms with E-state index in [4.69, 9.17) is 11.6 Å². The second kappa shape index (κ2) is 9.57. The lowest BCUT2D eigenvalue weighted by Gasteiger charge is -2.21. The molecular weight excluding hydrogens is 489 g/mol. The van der Waals surface area contributed by atoms with Gasteiger partial charge in [-0.2, -0.15) is 13.2 Å². The lowest BCUT2D eigenvalue weighted by molar-refractivity contribution is -0.147.